The number of hydrogen-bond acceptors (Lipinski definition) is 5. The van der Waals surface area contributed by atoms with Crippen molar-refractivity contribution in [1.82, 2.24) is 4.90 Å². The molecular formula is C13H18BrNO3S. The fourth-order valence-electron chi connectivity index (χ4n) is 2.20. The summed E-state index contributed by atoms with van der Waals surface area (Å²) in [6, 6.07) is 2.11. The molecule has 0 amide bonds. The molecule has 1 aromatic heterocycles. The van der Waals surface area contributed by atoms with E-state index in [1.165, 1.54) is 4.88 Å². The van der Waals surface area contributed by atoms with E-state index in [1.807, 2.05) is 18.4 Å². The monoisotopic (exact) mass is 347 g/mol. The van der Waals surface area contributed by atoms with Gasteiger partial charge in [-0.25, -0.2) is 0 Å². The number of esters is 1. The molecule has 1 unspecified atom stereocenters. The highest BCUT2D eigenvalue weighted by Crippen LogP contribution is 2.35. The Bertz CT molecular complexity index is 418. The van der Waals surface area contributed by atoms with Gasteiger partial charge in [-0.3, -0.25) is 9.69 Å². The Morgan fingerprint density at radius 2 is 2.32 bits per heavy atom. The van der Waals surface area contributed by atoms with Gasteiger partial charge in [0.2, 0.25) is 0 Å². The lowest BCUT2D eigenvalue weighted by molar-refractivity contribution is -0.145. The van der Waals surface area contributed by atoms with E-state index in [1.54, 1.807) is 11.3 Å². The topological polar surface area (TPSA) is 38.8 Å². The summed E-state index contributed by atoms with van der Waals surface area (Å²) in [6.45, 7) is 5.43. The summed E-state index contributed by atoms with van der Waals surface area (Å²) in [5, 5.41) is 2.04. The molecule has 0 spiro atoms. The van der Waals surface area contributed by atoms with Gasteiger partial charge < -0.3 is 9.47 Å². The lowest BCUT2D eigenvalue weighted by Crippen LogP contribution is -2.39. The van der Waals surface area contributed by atoms with E-state index in [9.17, 15) is 4.79 Å². The molecule has 0 aromatic carbocycles. The number of carbonyl (C=O) groups is 1. The van der Waals surface area contributed by atoms with Crippen LogP contribution in [0.3, 0.4) is 0 Å². The van der Waals surface area contributed by atoms with Gasteiger partial charge in [-0.15, -0.1) is 11.3 Å². The maximum Gasteiger partial charge on any atom is 0.307 e. The van der Waals surface area contributed by atoms with Gasteiger partial charge in [0.15, 0.2) is 0 Å². The van der Waals surface area contributed by atoms with E-state index in [2.05, 4.69) is 20.8 Å². The zero-order chi connectivity index (χ0) is 13.7. The summed E-state index contributed by atoms with van der Waals surface area (Å²) in [4.78, 5) is 15.3. The fraction of sp³-hybridized carbons (Fsp3) is 0.615. The van der Waals surface area contributed by atoms with Crippen LogP contribution in [0, 0.1) is 0 Å². The number of ether oxygens (including phenoxy) is 2. The van der Waals surface area contributed by atoms with Crippen molar-refractivity contribution in [2.75, 3.05) is 32.9 Å². The number of hydrogen-bond donors (Lipinski definition) is 0. The van der Waals surface area contributed by atoms with Crippen LogP contribution in [0.4, 0.5) is 0 Å². The molecule has 0 aliphatic carbocycles. The number of carbonyl (C=O) groups excluding carboxylic acids is 1. The van der Waals surface area contributed by atoms with Crippen LogP contribution in [-0.4, -0.2) is 43.8 Å². The molecular weight excluding hydrogens is 330 g/mol. The predicted molar refractivity (Wildman–Crippen MR) is 78.4 cm³/mol. The molecule has 0 bridgehead atoms. The first-order valence-electron chi connectivity index (χ1n) is 6.42. The van der Waals surface area contributed by atoms with Crippen LogP contribution < -0.4 is 0 Å². The van der Waals surface area contributed by atoms with Crippen molar-refractivity contribution in [3.05, 3.63) is 20.8 Å². The lowest BCUT2D eigenvalue weighted by atomic mass is 10.1. The smallest absolute Gasteiger partial charge is 0.307 e. The van der Waals surface area contributed by atoms with Gasteiger partial charge >= 0.3 is 5.97 Å². The highest BCUT2D eigenvalue weighted by Gasteiger charge is 2.27. The summed E-state index contributed by atoms with van der Waals surface area (Å²) in [7, 11) is 0. The number of rotatable bonds is 5. The highest BCUT2D eigenvalue weighted by molar-refractivity contribution is 9.10. The van der Waals surface area contributed by atoms with Gasteiger partial charge in [0.25, 0.3) is 0 Å². The van der Waals surface area contributed by atoms with E-state index >= 15 is 0 Å². The predicted octanol–water partition coefficient (Wildman–Crippen LogP) is 2.84. The van der Waals surface area contributed by atoms with Crippen LogP contribution in [0.15, 0.2) is 15.9 Å². The van der Waals surface area contributed by atoms with Gasteiger partial charge in [0.05, 0.1) is 32.3 Å². The molecule has 1 aliphatic rings. The maximum absolute atomic E-state index is 11.8. The fourth-order valence-corrected chi connectivity index (χ4v) is 3.97. The third-order valence-corrected chi connectivity index (χ3v) is 5.07. The van der Waals surface area contributed by atoms with E-state index in [0.717, 1.165) is 30.8 Å². The first-order valence-corrected chi connectivity index (χ1v) is 8.10. The molecule has 2 heterocycles. The van der Waals surface area contributed by atoms with Crippen LogP contribution in [0.1, 0.15) is 24.3 Å². The Morgan fingerprint density at radius 1 is 1.58 bits per heavy atom. The molecule has 1 fully saturated rings. The number of morpholine rings is 1. The summed E-state index contributed by atoms with van der Waals surface area (Å²) < 4.78 is 11.5. The SMILES string of the molecule is CCOC(=O)CC(c1sccc1Br)N1CCOCC1. The summed E-state index contributed by atoms with van der Waals surface area (Å²) in [6.07, 6.45) is 0.396. The van der Waals surface area contributed by atoms with Gasteiger partial charge in [-0.2, -0.15) is 0 Å². The molecule has 4 nitrogen and oxygen atoms in total. The standard InChI is InChI=1S/C13H18BrNO3S/c1-2-18-12(16)9-11(13-10(14)3-8-19-13)15-4-6-17-7-5-15/h3,8,11H,2,4-7,9H2,1H3. The molecule has 1 aliphatic heterocycles. The summed E-state index contributed by atoms with van der Waals surface area (Å²) >= 11 is 5.24. The second-order valence-corrected chi connectivity index (χ2v) is 6.11. The molecule has 2 rings (SSSR count). The minimum absolute atomic E-state index is 0.0809. The Kier molecular flexibility index (Phi) is 5.81. The van der Waals surface area contributed by atoms with Crippen molar-refractivity contribution in [2.24, 2.45) is 0 Å². The largest absolute Gasteiger partial charge is 0.466 e. The minimum Gasteiger partial charge on any atom is -0.466 e. The van der Waals surface area contributed by atoms with Crippen molar-refractivity contribution in [3.63, 3.8) is 0 Å². The first kappa shape index (κ1) is 15.0. The zero-order valence-electron chi connectivity index (χ0n) is 10.9. The Morgan fingerprint density at radius 3 is 2.89 bits per heavy atom. The molecule has 0 saturated carbocycles. The second kappa shape index (κ2) is 7.38. The Labute approximate surface area is 125 Å². The van der Waals surface area contributed by atoms with E-state index in [4.69, 9.17) is 9.47 Å². The Balaban J connectivity index is 2.12. The van der Waals surface area contributed by atoms with Crippen molar-refractivity contribution in [1.29, 1.82) is 0 Å². The van der Waals surface area contributed by atoms with Crippen molar-refractivity contribution in [3.8, 4) is 0 Å². The maximum atomic E-state index is 11.8. The summed E-state index contributed by atoms with van der Waals surface area (Å²) in [5.74, 6) is -0.140. The van der Waals surface area contributed by atoms with E-state index in [-0.39, 0.29) is 12.0 Å². The average Bonchev–Trinajstić information content (AvgIpc) is 2.83. The molecule has 6 heteroatoms. The van der Waals surface area contributed by atoms with Crippen LogP contribution in [0.5, 0.6) is 0 Å². The number of nitrogens with zero attached hydrogens (tertiary/aromatic N) is 1. The molecule has 0 N–H and O–H groups in total. The summed E-state index contributed by atoms with van der Waals surface area (Å²) in [5.41, 5.74) is 0. The Hall–Kier alpha value is -0.430. The van der Waals surface area contributed by atoms with E-state index in [0.29, 0.717) is 13.0 Å². The van der Waals surface area contributed by atoms with Crippen LogP contribution >= 0.6 is 27.3 Å². The third-order valence-electron chi connectivity index (χ3n) is 3.10. The molecule has 106 valence electrons. The molecule has 1 aromatic rings. The minimum atomic E-state index is -0.140. The van der Waals surface area contributed by atoms with Gasteiger partial charge in [0.1, 0.15) is 0 Å². The van der Waals surface area contributed by atoms with Crippen molar-refractivity contribution >= 4 is 33.2 Å². The average molecular weight is 348 g/mol. The lowest BCUT2D eigenvalue weighted by Gasteiger charge is -2.33. The van der Waals surface area contributed by atoms with E-state index < -0.39 is 0 Å². The van der Waals surface area contributed by atoms with Crippen molar-refractivity contribution in [2.45, 2.75) is 19.4 Å². The number of thiophene rings is 1. The normalized spacial score (nSPS) is 18.2. The number of halogens is 1. The molecule has 0 radical (unpaired) electrons. The quantitative estimate of drug-likeness (QED) is 0.767. The highest BCUT2D eigenvalue weighted by atomic mass is 79.9. The first-order chi connectivity index (χ1) is 9.22. The molecule has 1 atom stereocenters. The zero-order valence-corrected chi connectivity index (χ0v) is 13.3. The van der Waals surface area contributed by atoms with Gasteiger partial charge in [0, 0.05) is 22.4 Å². The van der Waals surface area contributed by atoms with Crippen LogP contribution in [0.2, 0.25) is 0 Å². The van der Waals surface area contributed by atoms with Crippen LogP contribution in [0.25, 0.3) is 0 Å². The van der Waals surface area contributed by atoms with Gasteiger partial charge in [-0.1, -0.05) is 0 Å². The van der Waals surface area contributed by atoms with Crippen molar-refractivity contribution < 1.29 is 14.3 Å². The second-order valence-electron chi connectivity index (χ2n) is 4.31. The molecule has 1 saturated heterocycles. The van der Waals surface area contributed by atoms with Gasteiger partial charge in [-0.05, 0) is 34.3 Å². The third kappa shape index (κ3) is 4.02. The molecule has 19 heavy (non-hydrogen) atoms. The van der Waals surface area contributed by atoms with Crippen LogP contribution in [-0.2, 0) is 14.3 Å².